The third kappa shape index (κ3) is 3.17. The van der Waals surface area contributed by atoms with Crippen molar-refractivity contribution in [2.75, 3.05) is 7.11 Å². The van der Waals surface area contributed by atoms with Gasteiger partial charge in [0.15, 0.2) is 5.78 Å². The molecule has 0 aliphatic heterocycles. The monoisotopic (exact) mass is 230 g/mol. The van der Waals surface area contributed by atoms with Gasteiger partial charge in [-0.15, -0.1) is 0 Å². The summed E-state index contributed by atoms with van der Waals surface area (Å²) in [6.07, 6.45) is 5.50. The van der Waals surface area contributed by atoms with Crippen LogP contribution in [0.4, 0.5) is 0 Å². The molecule has 0 saturated carbocycles. The Bertz CT molecular complexity index is 492. The molecule has 1 aromatic carbocycles. The van der Waals surface area contributed by atoms with Crippen LogP contribution in [0.5, 0.6) is 5.75 Å². The van der Waals surface area contributed by atoms with Gasteiger partial charge in [0.1, 0.15) is 5.75 Å². The van der Waals surface area contributed by atoms with Crippen molar-refractivity contribution in [2.45, 2.75) is 13.0 Å². The number of carbonyl (C=O) groups excluding carboxylic acids is 1. The van der Waals surface area contributed by atoms with Crippen LogP contribution in [0.25, 0.3) is 0 Å². The van der Waals surface area contributed by atoms with Gasteiger partial charge in [0, 0.05) is 18.8 Å². The largest absolute Gasteiger partial charge is 0.497 e. The Labute approximate surface area is 99.9 Å². The van der Waals surface area contributed by atoms with E-state index in [0.717, 1.165) is 11.3 Å². The average molecular weight is 230 g/mol. The van der Waals surface area contributed by atoms with Gasteiger partial charge in [-0.05, 0) is 17.7 Å². The zero-order valence-electron chi connectivity index (χ0n) is 9.67. The number of methoxy groups -OCH3 is 1. The third-order valence-corrected chi connectivity index (χ3v) is 2.45. The van der Waals surface area contributed by atoms with E-state index in [-0.39, 0.29) is 5.78 Å². The fraction of sp³-hybridized carbons (Fsp3) is 0.231. The molecule has 17 heavy (non-hydrogen) atoms. The molecule has 0 bridgehead atoms. The van der Waals surface area contributed by atoms with E-state index in [1.165, 1.54) is 0 Å². The maximum atomic E-state index is 11.8. The molecule has 88 valence electrons. The lowest BCUT2D eigenvalue weighted by molar-refractivity contribution is -0.119. The van der Waals surface area contributed by atoms with Crippen LogP contribution in [0.2, 0.25) is 0 Å². The number of imidazole rings is 1. The first kappa shape index (κ1) is 11.4. The molecule has 4 heteroatoms. The van der Waals surface area contributed by atoms with Crippen LogP contribution in [-0.2, 0) is 17.8 Å². The summed E-state index contributed by atoms with van der Waals surface area (Å²) in [5.74, 6) is 0.925. The van der Waals surface area contributed by atoms with Crippen molar-refractivity contribution in [3.8, 4) is 5.75 Å². The standard InChI is InChI=1S/C13H14N2O2/c1-17-13-4-2-3-11(8-13)7-12(16)9-15-6-5-14-10-15/h2-6,8,10H,7,9H2,1H3. The van der Waals surface area contributed by atoms with E-state index in [1.807, 2.05) is 24.3 Å². The fourth-order valence-electron chi connectivity index (χ4n) is 1.65. The van der Waals surface area contributed by atoms with Gasteiger partial charge in [-0.25, -0.2) is 4.98 Å². The smallest absolute Gasteiger partial charge is 0.156 e. The minimum atomic E-state index is 0.149. The lowest BCUT2D eigenvalue weighted by Gasteiger charge is -2.04. The Kier molecular flexibility index (Phi) is 3.55. The van der Waals surface area contributed by atoms with E-state index in [2.05, 4.69) is 4.98 Å². The van der Waals surface area contributed by atoms with Crippen molar-refractivity contribution in [1.82, 2.24) is 9.55 Å². The molecule has 4 nitrogen and oxygen atoms in total. The van der Waals surface area contributed by atoms with Crippen LogP contribution in [0.1, 0.15) is 5.56 Å². The van der Waals surface area contributed by atoms with Crippen LogP contribution < -0.4 is 4.74 Å². The van der Waals surface area contributed by atoms with Gasteiger partial charge in [0.2, 0.25) is 0 Å². The average Bonchev–Trinajstić information content (AvgIpc) is 2.82. The van der Waals surface area contributed by atoms with Crippen molar-refractivity contribution in [3.63, 3.8) is 0 Å². The number of hydrogen-bond acceptors (Lipinski definition) is 3. The summed E-state index contributed by atoms with van der Waals surface area (Å²) in [6, 6.07) is 7.56. The second kappa shape index (κ2) is 5.30. The first-order valence-electron chi connectivity index (χ1n) is 5.38. The van der Waals surface area contributed by atoms with Crippen molar-refractivity contribution in [1.29, 1.82) is 0 Å². The van der Waals surface area contributed by atoms with Gasteiger partial charge in [0.25, 0.3) is 0 Å². The van der Waals surface area contributed by atoms with Crippen LogP contribution in [0, 0.1) is 0 Å². The second-order valence-corrected chi connectivity index (χ2v) is 3.80. The number of aromatic nitrogens is 2. The number of nitrogens with zero attached hydrogens (tertiary/aromatic N) is 2. The van der Waals surface area contributed by atoms with Gasteiger partial charge in [-0.2, -0.15) is 0 Å². The summed E-state index contributed by atoms with van der Waals surface area (Å²) < 4.78 is 6.88. The quantitative estimate of drug-likeness (QED) is 0.785. The Hall–Kier alpha value is -2.10. The predicted molar refractivity (Wildman–Crippen MR) is 63.9 cm³/mol. The number of ketones is 1. The van der Waals surface area contributed by atoms with Gasteiger partial charge < -0.3 is 9.30 Å². The fourth-order valence-corrected chi connectivity index (χ4v) is 1.65. The van der Waals surface area contributed by atoms with Crippen LogP contribution in [0.3, 0.4) is 0 Å². The maximum absolute atomic E-state index is 11.8. The van der Waals surface area contributed by atoms with Gasteiger partial charge in [-0.3, -0.25) is 4.79 Å². The van der Waals surface area contributed by atoms with Crippen LogP contribution >= 0.6 is 0 Å². The van der Waals surface area contributed by atoms with Crippen molar-refractivity contribution >= 4 is 5.78 Å². The van der Waals surface area contributed by atoms with Gasteiger partial charge >= 0.3 is 0 Å². The summed E-state index contributed by atoms with van der Waals surface area (Å²) in [4.78, 5) is 15.7. The van der Waals surface area contributed by atoms with Crippen LogP contribution in [-0.4, -0.2) is 22.4 Å². The molecule has 0 atom stereocenters. The molecule has 0 aliphatic carbocycles. The lowest BCUT2D eigenvalue weighted by Crippen LogP contribution is -2.11. The number of Topliss-reactive ketones (excluding diaryl/α,β-unsaturated/α-hetero) is 1. The molecule has 2 aromatic rings. The predicted octanol–water partition coefficient (Wildman–Crippen LogP) is 1.70. The first-order chi connectivity index (χ1) is 8.28. The molecule has 2 rings (SSSR count). The summed E-state index contributed by atoms with van der Waals surface area (Å²) in [7, 11) is 1.62. The second-order valence-electron chi connectivity index (χ2n) is 3.80. The zero-order chi connectivity index (χ0) is 12.1. The minimum Gasteiger partial charge on any atom is -0.497 e. The SMILES string of the molecule is COc1cccc(CC(=O)Cn2ccnc2)c1. The van der Waals surface area contributed by atoms with Crippen molar-refractivity contribution in [3.05, 3.63) is 48.5 Å². The molecule has 0 fully saturated rings. The molecular weight excluding hydrogens is 216 g/mol. The first-order valence-corrected chi connectivity index (χ1v) is 5.38. The summed E-state index contributed by atoms with van der Waals surface area (Å²) in [5, 5.41) is 0. The number of benzene rings is 1. The molecule has 0 unspecified atom stereocenters. The number of rotatable bonds is 5. The van der Waals surface area contributed by atoms with Crippen molar-refractivity contribution in [2.24, 2.45) is 0 Å². The minimum absolute atomic E-state index is 0.149. The highest BCUT2D eigenvalue weighted by Gasteiger charge is 2.05. The molecule has 0 amide bonds. The molecule has 1 heterocycles. The van der Waals surface area contributed by atoms with E-state index < -0.39 is 0 Å². The Morgan fingerprint density at radius 2 is 2.35 bits per heavy atom. The highest BCUT2D eigenvalue weighted by molar-refractivity contribution is 5.80. The Morgan fingerprint density at radius 3 is 3.06 bits per heavy atom. The molecule has 1 aromatic heterocycles. The Balaban J connectivity index is 1.98. The van der Waals surface area contributed by atoms with E-state index in [0.29, 0.717) is 13.0 Å². The topological polar surface area (TPSA) is 44.1 Å². The highest BCUT2D eigenvalue weighted by Crippen LogP contribution is 2.13. The molecule has 0 saturated heterocycles. The van der Waals surface area contributed by atoms with Gasteiger partial charge in [-0.1, -0.05) is 12.1 Å². The zero-order valence-corrected chi connectivity index (χ0v) is 9.67. The summed E-state index contributed by atoms with van der Waals surface area (Å²) in [6.45, 7) is 0.358. The van der Waals surface area contributed by atoms with Crippen LogP contribution in [0.15, 0.2) is 43.0 Å². The normalized spacial score (nSPS) is 10.2. The van der Waals surface area contributed by atoms with E-state index in [1.54, 1.807) is 30.4 Å². The van der Waals surface area contributed by atoms with E-state index >= 15 is 0 Å². The molecule has 0 aliphatic rings. The summed E-state index contributed by atoms with van der Waals surface area (Å²) >= 11 is 0. The van der Waals surface area contributed by atoms with E-state index in [4.69, 9.17) is 4.74 Å². The molecule has 0 spiro atoms. The molecular formula is C13H14N2O2. The third-order valence-electron chi connectivity index (χ3n) is 2.45. The molecule has 0 N–H and O–H groups in total. The lowest BCUT2D eigenvalue weighted by atomic mass is 10.1. The Morgan fingerprint density at radius 1 is 1.47 bits per heavy atom. The number of ether oxygens (including phenoxy) is 1. The highest BCUT2D eigenvalue weighted by atomic mass is 16.5. The molecule has 0 radical (unpaired) electrons. The summed E-state index contributed by atoms with van der Waals surface area (Å²) in [5.41, 5.74) is 0.967. The van der Waals surface area contributed by atoms with E-state index in [9.17, 15) is 4.79 Å². The maximum Gasteiger partial charge on any atom is 0.156 e. The number of hydrogen-bond donors (Lipinski definition) is 0. The van der Waals surface area contributed by atoms with Crippen molar-refractivity contribution < 1.29 is 9.53 Å². The van der Waals surface area contributed by atoms with Gasteiger partial charge in [0.05, 0.1) is 20.0 Å². The number of carbonyl (C=O) groups is 1.